The predicted octanol–water partition coefficient (Wildman–Crippen LogP) is 3.53. The maximum absolute atomic E-state index is 9.95. The van der Waals surface area contributed by atoms with Crippen molar-refractivity contribution in [2.75, 3.05) is 13.1 Å². The fraction of sp³-hybridized carbons (Fsp3) is 0.316. The molecule has 0 unspecified atom stereocenters. The maximum Gasteiger partial charge on any atom is 0.204 e. The lowest BCUT2D eigenvalue weighted by atomic mass is 10.1. The zero-order valence-corrected chi connectivity index (χ0v) is 16.3. The van der Waals surface area contributed by atoms with Gasteiger partial charge in [-0.3, -0.25) is 14.5 Å². The first-order chi connectivity index (χ1) is 13.1. The predicted molar refractivity (Wildman–Crippen MR) is 107 cm³/mol. The average Bonchev–Trinajstić information content (AvgIpc) is 3.00. The summed E-state index contributed by atoms with van der Waals surface area (Å²) in [4.78, 5) is 6.27. The van der Waals surface area contributed by atoms with Gasteiger partial charge in [-0.05, 0) is 61.5 Å². The van der Waals surface area contributed by atoms with Crippen molar-refractivity contribution in [3.05, 3.63) is 58.6 Å². The van der Waals surface area contributed by atoms with E-state index in [1.54, 1.807) is 12.4 Å². The zero-order valence-electron chi connectivity index (χ0n) is 14.7. The Hall–Kier alpha value is -2.06. The van der Waals surface area contributed by atoms with Gasteiger partial charge in [0.25, 0.3) is 0 Å². The van der Waals surface area contributed by atoms with Crippen molar-refractivity contribution < 1.29 is 5.11 Å². The summed E-state index contributed by atoms with van der Waals surface area (Å²) >= 11 is 11.8. The molecule has 3 heterocycles. The molecule has 0 radical (unpaired) electrons. The van der Waals surface area contributed by atoms with E-state index in [4.69, 9.17) is 28.9 Å². The van der Waals surface area contributed by atoms with Crippen molar-refractivity contribution in [3.63, 3.8) is 0 Å². The van der Waals surface area contributed by atoms with Crippen LogP contribution in [0.25, 0.3) is 17.1 Å². The Morgan fingerprint density at radius 3 is 2.59 bits per heavy atom. The van der Waals surface area contributed by atoms with Crippen molar-refractivity contribution in [1.29, 1.82) is 0 Å². The fourth-order valence-corrected chi connectivity index (χ4v) is 3.78. The van der Waals surface area contributed by atoms with E-state index in [-0.39, 0.29) is 6.10 Å². The first kappa shape index (κ1) is 18.3. The quantitative estimate of drug-likeness (QED) is 0.677. The first-order valence-corrected chi connectivity index (χ1v) is 9.67. The van der Waals surface area contributed by atoms with E-state index in [0.29, 0.717) is 23.0 Å². The number of nitrogens with zero attached hydrogens (tertiary/aromatic N) is 5. The number of aromatic nitrogens is 4. The Balaban J connectivity index is 1.77. The summed E-state index contributed by atoms with van der Waals surface area (Å²) in [5, 5.41) is 15.4. The van der Waals surface area contributed by atoms with Gasteiger partial charge in [0.1, 0.15) is 0 Å². The number of likely N-dealkylation sites (tertiary alicyclic amines) is 1. The number of hydrogen-bond donors (Lipinski definition) is 1. The van der Waals surface area contributed by atoms with Crippen LogP contribution in [0.4, 0.5) is 0 Å². The van der Waals surface area contributed by atoms with Gasteiger partial charge in [0.2, 0.25) is 4.77 Å². The Bertz CT molecular complexity index is 970. The molecule has 1 N–H and O–H groups in total. The van der Waals surface area contributed by atoms with Gasteiger partial charge in [0.15, 0.2) is 5.82 Å². The maximum atomic E-state index is 9.95. The highest BCUT2D eigenvalue weighted by Crippen LogP contribution is 2.24. The third-order valence-corrected chi connectivity index (χ3v) is 5.32. The molecular weight excluding hydrogens is 382 g/mol. The SMILES string of the molecule is O[C@H]1CCCN(Cn2nc(-c3ccncc3)n(-c3ccc(Cl)cc3)c2=S)C1. The number of benzene rings is 1. The Labute approximate surface area is 167 Å². The molecule has 3 aromatic rings. The molecule has 0 saturated carbocycles. The number of piperidine rings is 1. The normalized spacial score (nSPS) is 17.9. The minimum absolute atomic E-state index is 0.286. The minimum atomic E-state index is -0.286. The molecular formula is C19H20ClN5OS. The summed E-state index contributed by atoms with van der Waals surface area (Å²) in [6.45, 7) is 2.12. The molecule has 0 aliphatic carbocycles. The lowest BCUT2D eigenvalue weighted by Crippen LogP contribution is -2.39. The van der Waals surface area contributed by atoms with Crippen LogP contribution in [0.1, 0.15) is 12.8 Å². The van der Waals surface area contributed by atoms with E-state index >= 15 is 0 Å². The summed E-state index contributed by atoms with van der Waals surface area (Å²) in [5.74, 6) is 0.752. The van der Waals surface area contributed by atoms with Crippen LogP contribution in [0, 0.1) is 4.77 Å². The molecule has 1 saturated heterocycles. The Kier molecular flexibility index (Phi) is 5.36. The summed E-state index contributed by atoms with van der Waals surface area (Å²) in [7, 11) is 0. The second kappa shape index (κ2) is 7.90. The van der Waals surface area contributed by atoms with E-state index in [1.165, 1.54) is 0 Å². The number of aliphatic hydroxyl groups excluding tert-OH is 1. The van der Waals surface area contributed by atoms with Gasteiger partial charge in [0, 0.05) is 36.1 Å². The van der Waals surface area contributed by atoms with Crippen LogP contribution >= 0.6 is 23.8 Å². The summed E-state index contributed by atoms with van der Waals surface area (Å²) in [6.07, 6.45) is 5.02. The summed E-state index contributed by atoms with van der Waals surface area (Å²) < 4.78 is 4.36. The molecule has 6 nitrogen and oxygen atoms in total. The Morgan fingerprint density at radius 2 is 1.89 bits per heavy atom. The second-order valence-corrected chi connectivity index (χ2v) is 7.47. The van der Waals surface area contributed by atoms with E-state index in [1.807, 2.05) is 45.6 Å². The lowest BCUT2D eigenvalue weighted by Gasteiger charge is -2.29. The highest BCUT2D eigenvalue weighted by molar-refractivity contribution is 7.71. The third kappa shape index (κ3) is 3.96. The van der Waals surface area contributed by atoms with Gasteiger partial charge < -0.3 is 5.11 Å². The van der Waals surface area contributed by atoms with Crippen LogP contribution < -0.4 is 0 Å². The minimum Gasteiger partial charge on any atom is -0.392 e. The topological polar surface area (TPSA) is 59.1 Å². The molecule has 0 spiro atoms. The molecule has 1 aliphatic rings. The lowest BCUT2D eigenvalue weighted by molar-refractivity contribution is 0.0513. The fourth-order valence-electron chi connectivity index (χ4n) is 3.36. The highest BCUT2D eigenvalue weighted by Gasteiger charge is 2.20. The van der Waals surface area contributed by atoms with Crippen molar-refractivity contribution in [2.24, 2.45) is 0 Å². The molecule has 4 rings (SSSR count). The third-order valence-electron chi connectivity index (χ3n) is 4.68. The largest absolute Gasteiger partial charge is 0.392 e. The second-order valence-electron chi connectivity index (χ2n) is 6.67. The van der Waals surface area contributed by atoms with Crippen molar-refractivity contribution in [1.82, 2.24) is 24.2 Å². The smallest absolute Gasteiger partial charge is 0.204 e. The molecule has 8 heteroatoms. The standard InChI is InChI=1S/C19H20ClN5OS/c20-15-3-5-16(6-4-15)25-18(14-7-9-21-10-8-14)22-24(19(25)27)13-23-11-1-2-17(26)12-23/h3-10,17,26H,1-2,11-13H2/t17-/m0/s1. The highest BCUT2D eigenvalue weighted by atomic mass is 35.5. The molecule has 1 fully saturated rings. The van der Waals surface area contributed by atoms with Gasteiger partial charge in [-0.1, -0.05) is 11.6 Å². The monoisotopic (exact) mass is 401 g/mol. The zero-order chi connectivity index (χ0) is 18.8. The molecule has 140 valence electrons. The number of β-amino-alcohol motifs (C(OH)–C–C–N with tert-alkyl or cyclic N) is 1. The molecule has 0 amide bonds. The van der Waals surface area contributed by atoms with E-state index < -0.39 is 0 Å². The van der Waals surface area contributed by atoms with Crippen LogP contribution in [-0.2, 0) is 6.67 Å². The van der Waals surface area contributed by atoms with Crippen LogP contribution in [0.2, 0.25) is 5.02 Å². The first-order valence-electron chi connectivity index (χ1n) is 8.88. The molecule has 1 aromatic carbocycles. The van der Waals surface area contributed by atoms with Gasteiger partial charge in [-0.15, -0.1) is 5.10 Å². The molecule has 2 aromatic heterocycles. The molecule has 1 atom stereocenters. The van der Waals surface area contributed by atoms with E-state index in [0.717, 1.165) is 36.5 Å². The molecule has 27 heavy (non-hydrogen) atoms. The van der Waals surface area contributed by atoms with Crippen LogP contribution in [-0.4, -0.2) is 48.5 Å². The van der Waals surface area contributed by atoms with Gasteiger partial charge in [0.05, 0.1) is 18.5 Å². The van der Waals surface area contributed by atoms with Gasteiger partial charge >= 0.3 is 0 Å². The van der Waals surface area contributed by atoms with Crippen molar-refractivity contribution in [3.8, 4) is 17.1 Å². The number of hydrogen-bond acceptors (Lipinski definition) is 5. The number of pyridine rings is 1. The van der Waals surface area contributed by atoms with Crippen molar-refractivity contribution in [2.45, 2.75) is 25.6 Å². The average molecular weight is 402 g/mol. The molecule has 0 bridgehead atoms. The number of rotatable bonds is 4. The summed E-state index contributed by atoms with van der Waals surface area (Å²) in [6, 6.07) is 11.4. The van der Waals surface area contributed by atoms with Gasteiger partial charge in [-0.25, -0.2) is 4.68 Å². The van der Waals surface area contributed by atoms with E-state index in [2.05, 4.69) is 9.88 Å². The van der Waals surface area contributed by atoms with Crippen molar-refractivity contribution >= 4 is 23.8 Å². The van der Waals surface area contributed by atoms with Gasteiger partial charge in [-0.2, -0.15) is 0 Å². The van der Waals surface area contributed by atoms with Crippen LogP contribution in [0.3, 0.4) is 0 Å². The summed E-state index contributed by atoms with van der Waals surface area (Å²) in [5.41, 5.74) is 1.84. The van der Waals surface area contributed by atoms with Crippen LogP contribution in [0.15, 0.2) is 48.8 Å². The number of aliphatic hydroxyl groups is 1. The Morgan fingerprint density at radius 1 is 1.15 bits per heavy atom. The molecule has 1 aliphatic heterocycles. The van der Waals surface area contributed by atoms with E-state index in [9.17, 15) is 5.11 Å². The number of halogens is 1. The van der Waals surface area contributed by atoms with Crippen LogP contribution in [0.5, 0.6) is 0 Å².